The van der Waals surface area contributed by atoms with E-state index in [1.165, 1.54) is 90.7 Å². The molecule has 1 aliphatic heterocycles. The van der Waals surface area contributed by atoms with Gasteiger partial charge in [0.2, 0.25) is 0 Å². The SMILES string of the molecule is Cc1cc(C)cc(-c2cc3c4c(cccc4c4cccc5c6cc(C7CC[Si](C)(C)CC7)ccc6n3c45)n2)c1. The molecule has 4 heterocycles. The molecule has 192 valence electrons. The second-order valence-corrected chi connectivity index (χ2v) is 18.2. The molecule has 0 N–H and O–H groups in total. The van der Waals surface area contributed by atoms with Crippen molar-refractivity contribution in [3.63, 3.8) is 0 Å². The second kappa shape index (κ2) is 8.16. The fraction of sp³-hybridized carbons (Fsp3) is 0.250. The summed E-state index contributed by atoms with van der Waals surface area (Å²) in [4.78, 5) is 5.21. The Labute approximate surface area is 230 Å². The Balaban J connectivity index is 1.45. The van der Waals surface area contributed by atoms with Gasteiger partial charge in [0.05, 0.1) is 27.8 Å². The lowest BCUT2D eigenvalue weighted by molar-refractivity contribution is 0.602. The molecule has 39 heavy (non-hydrogen) atoms. The minimum atomic E-state index is -0.977. The summed E-state index contributed by atoms with van der Waals surface area (Å²) in [5.74, 6) is 0.697. The highest BCUT2D eigenvalue weighted by Crippen LogP contribution is 2.43. The highest BCUT2D eigenvalue weighted by Gasteiger charge is 2.29. The molecule has 0 spiro atoms. The molecule has 1 fully saturated rings. The van der Waals surface area contributed by atoms with E-state index in [-0.39, 0.29) is 0 Å². The number of aromatic nitrogens is 2. The largest absolute Gasteiger partial charge is 0.308 e. The third-order valence-corrected chi connectivity index (χ3v) is 12.8. The molecule has 0 saturated carbocycles. The zero-order valence-electron chi connectivity index (χ0n) is 23.3. The molecule has 0 unspecified atom stereocenters. The molecule has 7 aromatic rings. The molecule has 0 amide bonds. The first-order valence-electron chi connectivity index (χ1n) is 14.5. The molecule has 0 radical (unpaired) electrons. The first kappa shape index (κ1) is 23.2. The van der Waals surface area contributed by atoms with E-state index in [0.29, 0.717) is 5.92 Å². The van der Waals surface area contributed by atoms with Crippen LogP contribution in [0.3, 0.4) is 0 Å². The van der Waals surface area contributed by atoms with E-state index in [9.17, 15) is 0 Å². The van der Waals surface area contributed by atoms with Gasteiger partial charge in [-0.25, -0.2) is 4.98 Å². The van der Waals surface area contributed by atoms with Crippen LogP contribution in [0.1, 0.15) is 35.4 Å². The summed E-state index contributed by atoms with van der Waals surface area (Å²) in [6, 6.07) is 32.8. The van der Waals surface area contributed by atoms with Crippen molar-refractivity contribution in [2.75, 3.05) is 0 Å². The van der Waals surface area contributed by atoms with Gasteiger partial charge < -0.3 is 4.40 Å². The van der Waals surface area contributed by atoms with Crippen molar-refractivity contribution in [2.45, 2.75) is 57.8 Å². The van der Waals surface area contributed by atoms with Gasteiger partial charge in [-0.3, -0.25) is 0 Å². The van der Waals surface area contributed by atoms with E-state index in [4.69, 9.17) is 4.98 Å². The molecule has 0 atom stereocenters. The van der Waals surface area contributed by atoms with Crippen molar-refractivity contribution in [3.8, 4) is 11.3 Å². The lowest BCUT2D eigenvalue weighted by Crippen LogP contribution is -2.30. The maximum atomic E-state index is 5.21. The van der Waals surface area contributed by atoms with E-state index >= 15 is 0 Å². The fourth-order valence-electron chi connectivity index (χ4n) is 7.48. The first-order chi connectivity index (χ1) is 18.9. The van der Waals surface area contributed by atoms with Crippen LogP contribution in [0.2, 0.25) is 25.2 Å². The molecular formula is C36H34N2Si. The van der Waals surface area contributed by atoms with E-state index in [2.05, 4.69) is 110 Å². The Bertz CT molecular complexity index is 2050. The fourth-order valence-corrected chi connectivity index (χ4v) is 9.99. The van der Waals surface area contributed by atoms with Crippen LogP contribution in [0.25, 0.3) is 60.3 Å². The highest BCUT2D eigenvalue weighted by molar-refractivity contribution is 6.77. The Morgan fingerprint density at radius 2 is 1.41 bits per heavy atom. The van der Waals surface area contributed by atoms with Crippen molar-refractivity contribution < 1.29 is 0 Å². The van der Waals surface area contributed by atoms with E-state index < -0.39 is 8.07 Å². The topological polar surface area (TPSA) is 17.3 Å². The monoisotopic (exact) mass is 522 g/mol. The molecule has 0 bridgehead atoms. The maximum Gasteiger partial charge on any atom is 0.0736 e. The minimum absolute atomic E-state index is 0.697. The Morgan fingerprint density at radius 3 is 2.18 bits per heavy atom. The van der Waals surface area contributed by atoms with Gasteiger partial charge in [-0.2, -0.15) is 0 Å². The zero-order valence-corrected chi connectivity index (χ0v) is 24.3. The number of fused-ring (bicyclic) bond motifs is 5. The number of hydrogen-bond acceptors (Lipinski definition) is 1. The number of para-hydroxylation sites is 1. The molecule has 0 aliphatic carbocycles. The molecule has 1 aliphatic rings. The van der Waals surface area contributed by atoms with Crippen molar-refractivity contribution in [1.82, 2.24) is 9.38 Å². The van der Waals surface area contributed by atoms with Crippen LogP contribution in [-0.4, -0.2) is 17.5 Å². The average molecular weight is 523 g/mol. The smallest absolute Gasteiger partial charge is 0.0736 e. The standard InChI is InChI=1S/C36H34N2Si/c1-22-17-23(2)19-26(18-22)32-21-34-35-27(7-6-10-31(35)37-32)28-8-5-9-29-30-20-25(11-12-33(30)38(34)36(28)29)24-13-15-39(3,4)16-14-24/h5-12,17-21,24H,13-16H2,1-4H3. The quantitative estimate of drug-likeness (QED) is 0.125. The summed E-state index contributed by atoms with van der Waals surface area (Å²) in [6.45, 7) is 9.48. The Kier molecular flexibility index (Phi) is 4.86. The number of benzene rings is 4. The number of hydrogen-bond donors (Lipinski definition) is 0. The van der Waals surface area contributed by atoms with Crippen LogP contribution < -0.4 is 0 Å². The number of pyridine rings is 2. The van der Waals surface area contributed by atoms with Crippen LogP contribution >= 0.6 is 0 Å². The predicted octanol–water partition coefficient (Wildman–Crippen LogP) is 10.3. The van der Waals surface area contributed by atoms with Gasteiger partial charge in [-0.1, -0.05) is 78.8 Å². The van der Waals surface area contributed by atoms with Gasteiger partial charge in [0.15, 0.2) is 0 Å². The summed E-state index contributed by atoms with van der Waals surface area (Å²) in [5.41, 5.74) is 11.3. The molecule has 1 saturated heterocycles. The zero-order chi connectivity index (χ0) is 26.5. The molecule has 2 nitrogen and oxygen atoms in total. The molecule has 3 heteroatoms. The van der Waals surface area contributed by atoms with Gasteiger partial charge in [-0.05, 0) is 80.0 Å². The molecule has 3 aromatic heterocycles. The van der Waals surface area contributed by atoms with Crippen LogP contribution in [-0.2, 0) is 0 Å². The van der Waals surface area contributed by atoms with E-state index in [1.807, 2.05) is 0 Å². The van der Waals surface area contributed by atoms with Gasteiger partial charge in [0.25, 0.3) is 0 Å². The summed E-state index contributed by atoms with van der Waals surface area (Å²) in [7, 11) is -0.977. The highest BCUT2D eigenvalue weighted by atomic mass is 28.3. The van der Waals surface area contributed by atoms with Crippen LogP contribution in [0.15, 0.2) is 78.9 Å². The van der Waals surface area contributed by atoms with E-state index in [1.54, 1.807) is 0 Å². The summed E-state index contributed by atoms with van der Waals surface area (Å²) >= 11 is 0. The van der Waals surface area contributed by atoms with Gasteiger partial charge >= 0.3 is 0 Å². The lowest BCUT2D eigenvalue weighted by Gasteiger charge is -2.33. The maximum absolute atomic E-state index is 5.21. The second-order valence-electron chi connectivity index (χ2n) is 12.9. The third kappa shape index (κ3) is 3.49. The van der Waals surface area contributed by atoms with Gasteiger partial charge in [0.1, 0.15) is 0 Å². The van der Waals surface area contributed by atoms with Crippen molar-refractivity contribution >= 4 is 57.1 Å². The normalized spacial score (nSPS) is 16.4. The van der Waals surface area contributed by atoms with Gasteiger partial charge in [0, 0.05) is 35.2 Å². The number of rotatable bonds is 2. The van der Waals surface area contributed by atoms with Crippen LogP contribution in [0.4, 0.5) is 0 Å². The lowest BCUT2D eigenvalue weighted by atomic mass is 9.92. The Morgan fingerprint density at radius 1 is 0.718 bits per heavy atom. The van der Waals surface area contributed by atoms with Crippen LogP contribution in [0.5, 0.6) is 0 Å². The molecular weight excluding hydrogens is 488 g/mol. The average Bonchev–Trinajstić information content (AvgIpc) is 3.25. The van der Waals surface area contributed by atoms with Crippen molar-refractivity contribution in [2.24, 2.45) is 0 Å². The van der Waals surface area contributed by atoms with Gasteiger partial charge in [-0.15, -0.1) is 0 Å². The predicted molar refractivity (Wildman–Crippen MR) is 170 cm³/mol. The number of aryl methyl sites for hydroxylation is 2. The summed E-state index contributed by atoms with van der Waals surface area (Å²) < 4.78 is 2.53. The summed E-state index contributed by atoms with van der Waals surface area (Å²) in [6.07, 6.45) is 2.70. The minimum Gasteiger partial charge on any atom is -0.308 e. The van der Waals surface area contributed by atoms with Crippen molar-refractivity contribution in [1.29, 1.82) is 0 Å². The van der Waals surface area contributed by atoms with Crippen LogP contribution in [0, 0.1) is 13.8 Å². The Hall–Kier alpha value is -3.69. The van der Waals surface area contributed by atoms with Crippen molar-refractivity contribution in [3.05, 3.63) is 95.6 Å². The molecule has 8 rings (SSSR count). The third-order valence-electron chi connectivity index (χ3n) is 9.48. The molecule has 4 aromatic carbocycles. The summed E-state index contributed by atoms with van der Waals surface area (Å²) in [5, 5.41) is 6.61. The van der Waals surface area contributed by atoms with E-state index in [0.717, 1.165) is 11.2 Å². The first-order valence-corrected chi connectivity index (χ1v) is 17.9. The number of nitrogens with zero attached hydrogens (tertiary/aromatic N) is 2.